The van der Waals surface area contributed by atoms with Gasteiger partial charge in [0.1, 0.15) is 0 Å². The maximum Gasteiger partial charge on any atom is 0.229 e. The second kappa shape index (κ2) is 7.03. The van der Waals surface area contributed by atoms with Crippen LogP contribution in [0.1, 0.15) is 40.5 Å². The summed E-state index contributed by atoms with van der Waals surface area (Å²) in [7, 11) is 0. The van der Waals surface area contributed by atoms with Gasteiger partial charge in [-0.1, -0.05) is 24.3 Å². The normalized spacial score (nSPS) is 17.0. The Bertz CT molecular complexity index is 636. The molecule has 1 aromatic heterocycles. The quantitative estimate of drug-likeness (QED) is 0.890. The Hall–Kier alpha value is -1.72. The number of carbonyl (C=O) groups excluding carboxylic acids is 1. The van der Waals surface area contributed by atoms with Gasteiger partial charge in [0.25, 0.3) is 0 Å². The lowest BCUT2D eigenvalue weighted by atomic mass is 9.90. The van der Waals surface area contributed by atoms with Crippen LogP contribution in [0.2, 0.25) is 0 Å². The van der Waals surface area contributed by atoms with E-state index >= 15 is 0 Å². The Balaban J connectivity index is 1.59. The molecule has 2 aromatic rings. The molecule has 0 spiro atoms. The van der Waals surface area contributed by atoms with Crippen LogP contribution in [-0.2, 0) is 24.2 Å². The smallest absolute Gasteiger partial charge is 0.229 e. The molecule has 4 nitrogen and oxygen atoms in total. The van der Waals surface area contributed by atoms with Crippen molar-refractivity contribution in [1.29, 1.82) is 0 Å². The van der Waals surface area contributed by atoms with Crippen molar-refractivity contribution in [2.45, 2.75) is 38.1 Å². The third-order valence-electron chi connectivity index (χ3n) is 4.14. The number of hydrogen-bond acceptors (Lipinski definition) is 4. The number of nitrogens with zero attached hydrogens (tertiary/aromatic N) is 1. The summed E-state index contributed by atoms with van der Waals surface area (Å²) >= 11 is 1.67. The number of nitrogens with two attached hydrogens (primary N) is 1. The van der Waals surface area contributed by atoms with E-state index in [9.17, 15) is 4.79 Å². The molecule has 5 heteroatoms. The Morgan fingerprint density at radius 2 is 2.09 bits per heavy atom. The largest absolute Gasteiger partial charge is 0.351 e. The maximum absolute atomic E-state index is 12.4. The Morgan fingerprint density at radius 1 is 1.32 bits per heavy atom. The van der Waals surface area contributed by atoms with Crippen molar-refractivity contribution in [3.05, 3.63) is 51.5 Å². The summed E-state index contributed by atoms with van der Waals surface area (Å²) < 4.78 is 0. The van der Waals surface area contributed by atoms with Crippen molar-refractivity contribution in [2.75, 3.05) is 6.54 Å². The van der Waals surface area contributed by atoms with E-state index in [1.54, 1.807) is 11.3 Å². The second-order valence-electron chi connectivity index (χ2n) is 5.68. The van der Waals surface area contributed by atoms with E-state index in [4.69, 9.17) is 5.73 Å². The fourth-order valence-electron chi connectivity index (χ4n) is 2.91. The number of aryl methyl sites for hydroxylation is 1. The number of nitrogens with one attached hydrogen (secondary N) is 1. The van der Waals surface area contributed by atoms with E-state index in [1.165, 1.54) is 10.4 Å². The molecule has 0 radical (unpaired) electrons. The summed E-state index contributed by atoms with van der Waals surface area (Å²) in [6.45, 7) is 1.23. The zero-order valence-corrected chi connectivity index (χ0v) is 13.4. The first kappa shape index (κ1) is 15.2. The zero-order chi connectivity index (χ0) is 15.4. The van der Waals surface area contributed by atoms with Gasteiger partial charge in [-0.2, -0.15) is 0 Å². The van der Waals surface area contributed by atoms with Crippen LogP contribution in [0.3, 0.4) is 0 Å². The molecule has 1 amide bonds. The maximum atomic E-state index is 12.4. The molecule has 1 aliphatic carbocycles. The lowest BCUT2D eigenvalue weighted by Crippen LogP contribution is -2.31. The van der Waals surface area contributed by atoms with Gasteiger partial charge in [-0.05, 0) is 43.4 Å². The average Bonchev–Trinajstić information content (AvgIpc) is 3.02. The molecule has 116 valence electrons. The molecule has 0 aliphatic heterocycles. The van der Waals surface area contributed by atoms with E-state index in [-0.39, 0.29) is 11.8 Å². The summed E-state index contributed by atoms with van der Waals surface area (Å²) in [5, 5.41) is 3.05. The Kier molecular flexibility index (Phi) is 4.85. The molecule has 1 aromatic carbocycles. The highest BCUT2D eigenvalue weighted by Gasteiger charge is 2.28. The van der Waals surface area contributed by atoms with Gasteiger partial charge in [0.05, 0.1) is 17.1 Å². The van der Waals surface area contributed by atoms with Crippen LogP contribution in [0, 0.1) is 0 Å². The first-order valence-corrected chi connectivity index (χ1v) is 8.63. The Morgan fingerprint density at radius 3 is 2.86 bits per heavy atom. The van der Waals surface area contributed by atoms with Crippen molar-refractivity contribution >= 4 is 17.2 Å². The lowest BCUT2D eigenvalue weighted by molar-refractivity contribution is -0.123. The van der Waals surface area contributed by atoms with Crippen LogP contribution in [0.25, 0.3) is 0 Å². The molecule has 0 saturated heterocycles. The highest BCUT2D eigenvalue weighted by molar-refractivity contribution is 7.09. The fraction of sp³-hybridized carbons (Fsp3) is 0.412. The SMILES string of the molecule is NCCc1ccc(CNC(=O)C2CCCc3scnc32)cc1. The van der Waals surface area contributed by atoms with Crippen molar-refractivity contribution in [1.82, 2.24) is 10.3 Å². The molecular formula is C17H21N3OS. The van der Waals surface area contributed by atoms with Gasteiger partial charge >= 0.3 is 0 Å². The minimum Gasteiger partial charge on any atom is -0.351 e. The molecule has 0 fully saturated rings. The Labute approximate surface area is 134 Å². The first-order valence-electron chi connectivity index (χ1n) is 7.76. The lowest BCUT2D eigenvalue weighted by Gasteiger charge is -2.20. The number of rotatable bonds is 5. The molecule has 0 saturated carbocycles. The van der Waals surface area contributed by atoms with Crippen LogP contribution in [0.15, 0.2) is 29.8 Å². The van der Waals surface area contributed by atoms with Crippen LogP contribution in [0.5, 0.6) is 0 Å². The monoisotopic (exact) mass is 315 g/mol. The topological polar surface area (TPSA) is 68.0 Å². The standard InChI is InChI=1S/C17H21N3OS/c18-9-8-12-4-6-13(7-5-12)10-19-17(21)14-2-1-3-15-16(14)20-11-22-15/h4-7,11,14H,1-3,8-10,18H2,(H,19,21). The van der Waals surface area contributed by atoms with Gasteiger partial charge in [-0.3, -0.25) is 4.79 Å². The molecule has 1 heterocycles. The van der Waals surface area contributed by atoms with Crippen LogP contribution in [0.4, 0.5) is 0 Å². The summed E-state index contributed by atoms with van der Waals surface area (Å²) in [5.74, 6) is 0.0180. The van der Waals surface area contributed by atoms with E-state index in [1.807, 2.05) is 5.51 Å². The van der Waals surface area contributed by atoms with E-state index in [0.717, 1.165) is 36.9 Å². The van der Waals surface area contributed by atoms with Crippen molar-refractivity contribution in [2.24, 2.45) is 5.73 Å². The van der Waals surface area contributed by atoms with E-state index < -0.39 is 0 Å². The predicted octanol–water partition coefficient (Wildman–Crippen LogP) is 2.38. The van der Waals surface area contributed by atoms with Crippen LogP contribution < -0.4 is 11.1 Å². The summed E-state index contributed by atoms with van der Waals surface area (Å²) in [6.07, 6.45) is 3.92. The molecule has 1 aliphatic rings. The van der Waals surface area contributed by atoms with Gasteiger partial charge in [0.15, 0.2) is 0 Å². The number of amides is 1. The predicted molar refractivity (Wildman–Crippen MR) is 88.8 cm³/mol. The molecule has 3 N–H and O–H groups in total. The fourth-order valence-corrected chi connectivity index (χ4v) is 3.78. The number of fused-ring (bicyclic) bond motifs is 1. The second-order valence-corrected chi connectivity index (χ2v) is 6.62. The van der Waals surface area contributed by atoms with E-state index in [0.29, 0.717) is 13.1 Å². The first-order chi connectivity index (χ1) is 10.8. The van der Waals surface area contributed by atoms with Crippen LogP contribution >= 0.6 is 11.3 Å². The summed E-state index contributed by atoms with van der Waals surface area (Å²) in [4.78, 5) is 18.1. The highest BCUT2D eigenvalue weighted by Crippen LogP contribution is 2.32. The molecule has 22 heavy (non-hydrogen) atoms. The number of aromatic nitrogens is 1. The molecule has 3 rings (SSSR count). The van der Waals surface area contributed by atoms with Crippen molar-refractivity contribution < 1.29 is 4.79 Å². The van der Waals surface area contributed by atoms with Crippen LogP contribution in [-0.4, -0.2) is 17.4 Å². The number of benzene rings is 1. The number of hydrogen-bond donors (Lipinski definition) is 2. The van der Waals surface area contributed by atoms with Gasteiger partial charge in [-0.15, -0.1) is 11.3 Å². The third kappa shape index (κ3) is 3.36. The molecule has 1 unspecified atom stereocenters. The molecule has 1 atom stereocenters. The summed E-state index contributed by atoms with van der Waals surface area (Å²) in [6, 6.07) is 8.27. The minimum absolute atomic E-state index is 0.0773. The minimum atomic E-state index is -0.0773. The van der Waals surface area contributed by atoms with Gasteiger partial charge in [0.2, 0.25) is 5.91 Å². The zero-order valence-electron chi connectivity index (χ0n) is 12.5. The van der Waals surface area contributed by atoms with Crippen molar-refractivity contribution in [3.8, 4) is 0 Å². The van der Waals surface area contributed by atoms with Gasteiger partial charge < -0.3 is 11.1 Å². The highest BCUT2D eigenvalue weighted by atomic mass is 32.1. The average molecular weight is 315 g/mol. The van der Waals surface area contributed by atoms with Crippen molar-refractivity contribution in [3.63, 3.8) is 0 Å². The van der Waals surface area contributed by atoms with Gasteiger partial charge in [0, 0.05) is 11.4 Å². The molecule has 0 bridgehead atoms. The van der Waals surface area contributed by atoms with Gasteiger partial charge in [-0.25, -0.2) is 4.98 Å². The number of carbonyl (C=O) groups is 1. The molecular weight excluding hydrogens is 294 g/mol. The third-order valence-corrected chi connectivity index (χ3v) is 5.05. The number of thiazole rings is 1. The summed E-state index contributed by atoms with van der Waals surface area (Å²) in [5.41, 5.74) is 10.7. The van der Waals surface area contributed by atoms with E-state index in [2.05, 4.69) is 34.6 Å².